The van der Waals surface area contributed by atoms with Gasteiger partial charge in [0.1, 0.15) is 5.15 Å². The molecule has 1 saturated heterocycles. The standard InChI is InChI=1S/C17H17BrClN3OS2/c18-14-15-17(25-16(14)10-3-4-23-8-11(10)20)12(6-13(19)22-15)21-7-9-2-1-5-24-9/h1-2,5-6,10-11H,3-4,7-8,20H2,(H,21,22)/t10-,11-/m0/s1. The first kappa shape index (κ1) is 17.7. The average Bonchev–Trinajstić information content (AvgIpc) is 3.22. The number of halogens is 2. The van der Waals surface area contributed by atoms with Gasteiger partial charge in [-0.15, -0.1) is 22.7 Å². The van der Waals surface area contributed by atoms with E-state index in [1.165, 1.54) is 9.75 Å². The largest absolute Gasteiger partial charge is 0.380 e. The Hall–Kier alpha value is -0.700. The van der Waals surface area contributed by atoms with Crippen molar-refractivity contribution in [2.75, 3.05) is 18.5 Å². The van der Waals surface area contributed by atoms with Crippen molar-refractivity contribution < 1.29 is 4.74 Å². The van der Waals surface area contributed by atoms with Gasteiger partial charge in [-0.3, -0.25) is 0 Å². The van der Waals surface area contributed by atoms with Gasteiger partial charge in [0.25, 0.3) is 0 Å². The number of hydrogen-bond donors (Lipinski definition) is 2. The van der Waals surface area contributed by atoms with Crippen LogP contribution >= 0.6 is 50.2 Å². The summed E-state index contributed by atoms with van der Waals surface area (Å²) in [4.78, 5) is 7.06. The van der Waals surface area contributed by atoms with Crippen LogP contribution in [0.1, 0.15) is 22.1 Å². The van der Waals surface area contributed by atoms with E-state index < -0.39 is 0 Å². The van der Waals surface area contributed by atoms with Gasteiger partial charge < -0.3 is 15.8 Å². The SMILES string of the molecule is N[C@H]1COCC[C@@H]1c1sc2c(NCc3cccs3)cc(Cl)nc2c1Br. The van der Waals surface area contributed by atoms with E-state index >= 15 is 0 Å². The van der Waals surface area contributed by atoms with Crippen molar-refractivity contribution in [3.05, 3.63) is 43.0 Å². The summed E-state index contributed by atoms with van der Waals surface area (Å²) in [7, 11) is 0. The molecule has 1 aliphatic heterocycles. The monoisotopic (exact) mass is 457 g/mol. The Morgan fingerprint density at radius 1 is 1.48 bits per heavy atom. The van der Waals surface area contributed by atoms with Gasteiger partial charge in [-0.1, -0.05) is 17.7 Å². The molecule has 1 fully saturated rings. The van der Waals surface area contributed by atoms with Crippen molar-refractivity contribution >= 4 is 66.1 Å². The minimum atomic E-state index is 0.0103. The van der Waals surface area contributed by atoms with Crippen LogP contribution < -0.4 is 11.1 Å². The van der Waals surface area contributed by atoms with Gasteiger partial charge in [0.15, 0.2) is 0 Å². The fraction of sp³-hybridized carbons (Fsp3) is 0.353. The number of ether oxygens (including phenoxy) is 1. The smallest absolute Gasteiger partial charge is 0.131 e. The van der Waals surface area contributed by atoms with E-state index in [2.05, 4.69) is 43.7 Å². The number of aromatic nitrogens is 1. The zero-order valence-corrected chi connectivity index (χ0v) is 17.3. The van der Waals surface area contributed by atoms with Gasteiger partial charge in [-0.25, -0.2) is 4.98 Å². The van der Waals surface area contributed by atoms with Gasteiger partial charge in [0.2, 0.25) is 0 Å². The van der Waals surface area contributed by atoms with E-state index in [4.69, 9.17) is 22.1 Å². The Kier molecular flexibility index (Phi) is 5.31. The predicted molar refractivity (Wildman–Crippen MR) is 110 cm³/mol. The summed E-state index contributed by atoms with van der Waals surface area (Å²) in [5.41, 5.74) is 8.21. The summed E-state index contributed by atoms with van der Waals surface area (Å²) in [6, 6.07) is 6.09. The maximum atomic E-state index is 6.29. The number of nitrogens with one attached hydrogen (secondary N) is 1. The van der Waals surface area contributed by atoms with E-state index in [1.807, 2.05) is 6.07 Å². The maximum absolute atomic E-state index is 6.29. The molecule has 0 saturated carbocycles. The summed E-state index contributed by atoms with van der Waals surface area (Å²) in [5.74, 6) is 0.284. The highest BCUT2D eigenvalue weighted by atomic mass is 79.9. The number of rotatable bonds is 4. The average molecular weight is 459 g/mol. The second kappa shape index (κ2) is 7.50. The highest BCUT2D eigenvalue weighted by molar-refractivity contribution is 9.10. The van der Waals surface area contributed by atoms with E-state index in [9.17, 15) is 0 Å². The van der Waals surface area contributed by atoms with Crippen LogP contribution in [-0.4, -0.2) is 24.2 Å². The van der Waals surface area contributed by atoms with Crippen molar-refractivity contribution in [3.8, 4) is 0 Å². The summed E-state index contributed by atoms with van der Waals surface area (Å²) in [6.07, 6.45) is 0.929. The Labute approximate surface area is 167 Å². The van der Waals surface area contributed by atoms with E-state index in [0.29, 0.717) is 11.8 Å². The first-order valence-corrected chi connectivity index (χ1v) is 10.9. The predicted octanol–water partition coefficient (Wildman–Crippen LogP) is 5.22. The summed E-state index contributed by atoms with van der Waals surface area (Å²) < 4.78 is 7.61. The fourth-order valence-electron chi connectivity index (χ4n) is 3.08. The molecule has 0 bridgehead atoms. The van der Waals surface area contributed by atoms with Crippen molar-refractivity contribution in [2.24, 2.45) is 5.73 Å². The van der Waals surface area contributed by atoms with Crippen LogP contribution in [0.2, 0.25) is 5.15 Å². The van der Waals surface area contributed by atoms with Gasteiger partial charge in [0.05, 0.1) is 27.0 Å². The molecule has 4 heterocycles. The molecule has 3 aromatic rings. The van der Waals surface area contributed by atoms with Crippen LogP contribution in [-0.2, 0) is 11.3 Å². The molecule has 25 heavy (non-hydrogen) atoms. The molecule has 0 amide bonds. The summed E-state index contributed by atoms with van der Waals surface area (Å²) in [6.45, 7) is 2.12. The molecule has 132 valence electrons. The van der Waals surface area contributed by atoms with Gasteiger partial charge in [-0.2, -0.15) is 0 Å². The van der Waals surface area contributed by atoms with E-state index in [-0.39, 0.29) is 12.0 Å². The molecule has 4 rings (SSSR count). The Morgan fingerprint density at radius 3 is 3.12 bits per heavy atom. The first-order valence-electron chi connectivity index (χ1n) is 8.01. The lowest BCUT2D eigenvalue weighted by molar-refractivity contribution is 0.0702. The number of nitrogens with two attached hydrogens (primary N) is 1. The minimum absolute atomic E-state index is 0.0103. The third kappa shape index (κ3) is 3.59. The number of anilines is 1. The molecule has 8 heteroatoms. The van der Waals surface area contributed by atoms with Gasteiger partial charge >= 0.3 is 0 Å². The first-order chi connectivity index (χ1) is 12.1. The Bertz CT molecular complexity index is 884. The Balaban J connectivity index is 1.72. The second-order valence-corrected chi connectivity index (χ2v) is 9.28. The number of fused-ring (bicyclic) bond motifs is 1. The van der Waals surface area contributed by atoms with Crippen molar-refractivity contribution in [1.82, 2.24) is 4.98 Å². The highest BCUT2D eigenvalue weighted by Gasteiger charge is 2.29. The second-order valence-electron chi connectivity index (χ2n) is 6.02. The van der Waals surface area contributed by atoms with Gasteiger partial charge in [-0.05, 0) is 33.8 Å². The molecule has 3 aromatic heterocycles. The lowest BCUT2D eigenvalue weighted by Crippen LogP contribution is -2.37. The van der Waals surface area contributed by atoms with Crippen LogP contribution in [0.15, 0.2) is 28.1 Å². The molecule has 3 N–H and O–H groups in total. The van der Waals surface area contributed by atoms with Crippen molar-refractivity contribution in [2.45, 2.75) is 24.9 Å². The van der Waals surface area contributed by atoms with E-state index in [1.54, 1.807) is 22.7 Å². The third-order valence-corrected chi connectivity index (χ3v) is 7.83. The molecule has 2 atom stereocenters. The number of nitrogens with zero attached hydrogens (tertiary/aromatic N) is 1. The normalized spacial score (nSPS) is 20.9. The minimum Gasteiger partial charge on any atom is -0.380 e. The van der Waals surface area contributed by atoms with Crippen molar-refractivity contribution in [3.63, 3.8) is 0 Å². The Morgan fingerprint density at radius 2 is 2.36 bits per heavy atom. The maximum Gasteiger partial charge on any atom is 0.131 e. The van der Waals surface area contributed by atoms with E-state index in [0.717, 1.165) is 39.9 Å². The molecule has 4 nitrogen and oxygen atoms in total. The van der Waals surface area contributed by atoms with Crippen LogP contribution in [0, 0.1) is 0 Å². The third-order valence-electron chi connectivity index (χ3n) is 4.35. The topological polar surface area (TPSA) is 60.2 Å². The zero-order valence-electron chi connectivity index (χ0n) is 13.3. The summed E-state index contributed by atoms with van der Waals surface area (Å²) >= 11 is 13.5. The molecule has 1 aliphatic rings. The number of thiophene rings is 2. The molecule has 0 aromatic carbocycles. The van der Waals surface area contributed by atoms with Gasteiger partial charge in [0, 0.05) is 40.9 Å². The molecule has 0 radical (unpaired) electrons. The molecular weight excluding hydrogens is 442 g/mol. The van der Waals surface area contributed by atoms with Crippen LogP contribution in [0.25, 0.3) is 10.2 Å². The van der Waals surface area contributed by atoms with Crippen LogP contribution in [0.5, 0.6) is 0 Å². The number of pyridine rings is 1. The lowest BCUT2D eigenvalue weighted by atomic mass is 9.94. The molecular formula is C17H17BrClN3OS2. The molecule has 0 unspecified atom stereocenters. The highest BCUT2D eigenvalue weighted by Crippen LogP contribution is 2.45. The number of hydrogen-bond acceptors (Lipinski definition) is 6. The summed E-state index contributed by atoms with van der Waals surface area (Å²) in [5, 5.41) is 6.08. The van der Waals surface area contributed by atoms with Crippen molar-refractivity contribution in [1.29, 1.82) is 0 Å². The molecule has 0 aliphatic carbocycles. The van der Waals surface area contributed by atoms with Crippen LogP contribution in [0.4, 0.5) is 5.69 Å². The quantitative estimate of drug-likeness (QED) is 0.526. The van der Waals surface area contributed by atoms with Crippen LogP contribution in [0.3, 0.4) is 0 Å². The zero-order chi connectivity index (χ0) is 17.4. The molecule has 0 spiro atoms. The fourth-order valence-corrected chi connectivity index (χ4v) is 6.21. The lowest BCUT2D eigenvalue weighted by Gasteiger charge is -2.28.